The van der Waals surface area contributed by atoms with E-state index in [1.165, 1.54) is 31.4 Å². The van der Waals surface area contributed by atoms with Crippen molar-refractivity contribution in [2.75, 3.05) is 24.7 Å². The van der Waals surface area contributed by atoms with Crippen molar-refractivity contribution in [3.63, 3.8) is 0 Å². The van der Waals surface area contributed by atoms with Crippen LogP contribution in [0.25, 0.3) is 0 Å². The number of aromatic nitrogens is 2. The molecule has 2 aromatic rings. The second kappa shape index (κ2) is 15.4. The van der Waals surface area contributed by atoms with Crippen molar-refractivity contribution in [2.24, 2.45) is 0 Å². The quantitative estimate of drug-likeness (QED) is 0.188. The van der Waals surface area contributed by atoms with Gasteiger partial charge in [0.1, 0.15) is 11.6 Å². The van der Waals surface area contributed by atoms with Crippen molar-refractivity contribution in [1.29, 1.82) is 0 Å². The van der Waals surface area contributed by atoms with Gasteiger partial charge in [-0.15, -0.1) is 0 Å². The van der Waals surface area contributed by atoms with E-state index in [-0.39, 0.29) is 26.3 Å². The first kappa shape index (κ1) is 31.2. The van der Waals surface area contributed by atoms with Crippen LogP contribution in [0.5, 0.6) is 0 Å². The van der Waals surface area contributed by atoms with Gasteiger partial charge in [0, 0.05) is 69.8 Å². The summed E-state index contributed by atoms with van der Waals surface area (Å²) in [5.74, 6) is 0.718. The maximum absolute atomic E-state index is 12.0. The lowest BCUT2D eigenvalue weighted by Crippen LogP contribution is -2.22. The van der Waals surface area contributed by atoms with Crippen LogP contribution in [-0.2, 0) is 22.7 Å². The molecule has 0 aliphatic carbocycles. The number of carbonyl (C=O) groups is 2. The first-order valence-electron chi connectivity index (χ1n) is 12.0. The molecule has 0 atom stereocenters. The Bertz CT molecular complexity index is 1100. The molecule has 0 saturated carbocycles. The number of hydrogen-bond acceptors (Lipinski definition) is 10. The van der Waals surface area contributed by atoms with Crippen molar-refractivity contribution in [3.05, 3.63) is 68.0 Å². The molecule has 0 bridgehead atoms. The molecule has 0 aliphatic rings. The summed E-state index contributed by atoms with van der Waals surface area (Å²) >= 11 is 0. The maximum atomic E-state index is 12.0. The van der Waals surface area contributed by atoms with E-state index in [2.05, 4.69) is 9.97 Å². The molecular formula is C26H36N6O4S2. The number of nitrogens with zero attached hydrogens (tertiary/aromatic N) is 4. The van der Waals surface area contributed by atoms with Crippen molar-refractivity contribution in [3.8, 4) is 0 Å². The van der Waals surface area contributed by atoms with Crippen molar-refractivity contribution in [1.82, 2.24) is 19.8 Å². The van der Waals surface area contributed by atoms with E-state index in [0.29, 0.717) is 47.0 Å². The van der Waals surface area contributed by atoms with Gasteiger partial charge in [0.25, 0.3) is 0 Å². The van der Waals surface area contributed by atoms with Gasteiger partial charge < -0.3 is 31.5 Å². The minimum Gasteiger partial charge on any atom is -0.396 e. The van der Waals surface area contributed by atoms with Crippen LogP contribution in [0.2, 0.25) is 0 Å². The Morgan fingerprint density at radius 2 is 1.16 bits per heavy atom. The van der Waals surface area contributed by atoms with E-state index < -0.39 is 0 Å². The average molecular weight is 561 g/mol. The molecule has 2 aromatic heterocycles. The number of pyridine rings is 2. The van der Waals surface area contributed by atoms with Crippen LogP contribution >= 0.6 is 21.6 Å². The number of allylic oxidation sites excluding steroid dienone is 2. The molecule has 0 aliphatic heterocycles. The minimum absolute atomic E-state index is 0.112. The number of amides is 2. The highest BCUT2D eigenvalue weighted by Gasteiger charge is 2.18. The standard InChI is InChI=1S/C26H36N6O4S2/c1-17-5-7-21(25(27)29-17)13-31(15-35)19(3)23(9-11-33)37-38-24(10-12-34)20(4)32(16-36)14-22-8-6-18(2)30-26(22)28/h5-8,15-16,33-34H,9-14H2,1-4H3,(H2,27,29)(H2,28,30)/b23-19-,24-20?. The van der Waals surface area contributed by atoms with Gasteiger partial charge in [0.05, 0.1) is 13.1 Å². The van der Waals surface area contributed by atoms with Gasteiger partial charge >= 0.3 is 0 Å². The van der Waals surface area contributed by atoms with Crippen LogP contribution in [0.4, 0.5) is 11.6 Å². The molecule has 6 N–H and O–H groups in total. The van der Waals surface area contributed by atoms with Crippen LogP contribution in [-0.4, -0.2) is 56.0 Å². The molecule has 0 aromatic carbocycles. The number of aliphatic hydroxyl groups excluding tert-OH is 2. The average Bonchev–Trinajstić information content (AvgIpc) is 2.88. The number of nitrogens with two attached hydrogens (primary N) is 2. The molecule has 0 radical (unpaired) electrons. The molecule has 38 heavy (non-hydrogen) atoms. The second-order valence-electron chi connectivity index (χ2n) is 8.59. The predicted octanol–water partition coefficient (Wildman–Crippen LogP) is 3.48. The van der Waals surface area contributed by atoms with E-state index >= 15 is 0 Å². The lowest BCUT2D eigenvalue weighted by Gasteiger charge is -2.24. The fourth-order valence-electron chi connectivity index (χ4n) is 3.51. The van der Waals surface area contributed by atoms with Crippen LogP contribution in [0.1, 0.15) is 49.2 Å². The summed E-state index contributed by atoms with van der Waals surface area (Å²) in [5.41, 5.74) is 16.4. The summed E-state index contributed by atoms with van der Waals surface area (Å²) in [7, 11) is 2.74. The van der Waals surface area contributed by atoms with Crippen molar-refractivity contribution >= 4 is 46.0 Å². The summed E-state index contributed by atoms with van der Waals surface area (Å²) in [6.45, 7) is 7.53. The smallest absolute Gasteiger partial charge is 0.214 e. The SMILES string of the molecule is CC(=C(CCO)SS/C(CCO)=C(/C)N(C=O)Cc1ccc(C)nc1N)N(C=O)Cc1ccc(C)nc1N. The van der Waals surface area contributed by atoms with E-state index in [9.17, 15) is 19.8 Å². The first-order valence-corrected chi connectivity index (χ1v) is 14.1. The molecule has 2 rings (SSSR count). The minimum atomic E-state index is -0.112. The van der Waals surface area contributed by atoms with Gasteiger partial charge in [-0.2, -0.15) is 0 Å². The molecular weight excluding hydrogens is 524 g/mol. The summed E-state index contributed by atoms with van der Waals surface area (Å²) < 4.78 is 0. The maximum Gasteiger partial charge on any atom is 0.214 e. The highest BCUT2D eigenvalue weighted by Crippen LogP contribution is 2.42. The fourth-order valence-corrected chi connectivity index (χ4v) is 6.36. The first-order chi connectivity index (χ1) is 18.1. The Morgan fingerprint density at radius 3 is 1.45 bits per heavy atom. The molecule has 2 amide bonds. The largest absolute Gasteiger partial charge is 0.396 e. The number of hydrogen-bond donors (Lipinski definition) is 4. The van der Waals surface area contributed by atoms with Crippen LogP contribution in [0.3, 0.4) is 0 Å². The summed E-state index contributed by atoms with van der Waals surface area (Å²) in [5, 5.41) is 19.4. The van der Waals surface area contributed by atoms with Crippen LogP contribution in [0.15, 0.2) is 45.5 Å². The third kappa shape index (κ3) is 8.76. The summed E-state index contributed by atoms with van der Waals surface area (Å²) in [6, 6.07) is 7.34. The van der Waals surface area contributed by atoms with Gasteiger partial charge in [0.2, 0.25) is 12.8 Å². The molecule has 0 unspecified atom stereocenters. The fraction of sp³-hybridized carbons (Fsp3) is 0.385. The Labute approximate surface area is 231 Å². The number of aliphatic hydroxyl groups is 2. The Hall–Kier alpha value is -3.06. The highest BCUT2D eigenvalue weighted by atomic mass is 33.1. The van der Waals surface area contributed by atoms with Crippen LogP contribution < -0.4 is 11.5 Å². The zero-order chi connectivity index (χ0) is 28.2. The third-order valence-corrected chi connectivity index (χ3v) is 8.77. The van der Waals surface area contributed by atoms with Gasteiger partial charge in [-0.3, -0.25) is 9.59 Å². The summed E-state index contributed by atoms with van der Waals surface area (Å²) in [6.07, 6.45) is 2.09. The van der Waals surface area contributed by atoms with Gasteiger partial charge in [-0.05, 0) is 39.8 Å². The zero-order valence-corrected chi connectivity index (χ0v) is 23.8. The molecule has 12 heteroatoms. The molecule has 206 valence electrons. The lowest BCUT2D eigenvalue weighted by atomic mass is 10.2. The number of nitrogen functional groups attached to an aromatic ring is 2. The molecule has 0 fully saturated rings. The number of anilines is 2. The molecule has 2 heterocycles. The zero-order valence-electron chi connectivity index (χ0n) is 22.2. The van der Waals surface area contributed by atoms with Crippen molar-refractivity contribution in [2.45, 2.75) is 53.6 Å². The van der Waals surface area contributed by atoms with Crippen LogP contribution in [0, 0.1) is 13.8 Å². The number of rotatable bonds is 15. The lowest BCUT2D eigenvalue weighted by molar-refractivity contribution is -0.117. The Morgan fingerprint density at radius 1 is 0.789 bits per heavy atom. The third-order valence-electron chi connectivity index (χ3n) is 5.83. The van der Waals surface area contributed by atoms with Gasteiger partial charge in [-0.25, -0.2) is 9.97 Å². The molecule has 0 spiro atoms. The number of carbonyl (C=O) groups excluding carboxylic acids is 2. The molecule has 0 saturated heterocycles. The van der Waals surface area contributed by atoms with E-state index in [4.69, 9.17) is 11.5 Å². The summed E-state index contributed by atoms with van der Waals surface area (Å²) in [4.78, 5) is 37.1. The van der Waals surface area contributed by atoms with Gasteiger partial charge in [0.15, 0.2) is 0 Å². The monoisotopic (exact) mass is 560 g/mol. The normalized spacial score (nSPS) is 12.5. The van der Waals surface area contributed by atoms with E-state index in [0.717, 1.165) is 34.0 Å². The van der Waals surface area contributed by atoms with E-state index in [1.807, 2.05) is 38.1 Å². The van der Waals surface area contributed by atoms with Crippen molar-refractivity contribution < 1.29 is 19.8 Å². The Balaban J connectivity index is 2.30. The highest BCUT2D eigenvalue weighted by molar-refractivity contribution is 8.79. The number of aryl methyl sites for hydroxylation is 2. The molecule has 10 nitrogen and oxygen atoms in total. The second-order valence-corrected chi connectivity index (χ2v) is 10.9. The Kier molecular flexibility index (Phi) is 12.6. The topological polar surface area (TPSA) is 159 Å². The van der Waals surface area contributed by atoms with Gasteiger partial charge in [-0.1, -0.05) is 33.7 Å². The predicted molar refractivity (Wildman–Crippen MR) is 154 cm³/mol. The van der Waals surface area contributed by atoms with E-state index in [1.54, 1.807) is 13.8 Å².